The molecule has 0 aromatic heterocycles. The van der Waals surface area contributed by atoms with Crippen LogP contribution in [0.4, 0.5) is 11.4 Å². The molecule has 0 saturated heterocycles. The third kappa shape index (κ3) is 3.77. The second kappa shape index (κ2) is 6.10. The van der Waals surface area contributed by atoms with Crippen LogP contribution in [0.2, 0.25) is 0 Å². The molecule has 1 aromatic carbocycles. The fourth-order valence-electron chi connectivity index (χ4n) is 2.18. The summed E-state index contributed by atoms with van der Waals surface area (Å²) in [5.74, 6) is 0. The Kier molecular flexibility index (Phi) is 4.49. The molecule has 0 radical (unpaired) electrons. The predicted octanol–water partition coefficient (Wildman–Crippen LogP) is 4.33. The van der Waals surface area contributed by atoms with E-state index in [1.807, 2.05) is 18.2 Å². The number of anilines is 2. The highest BCUT2D eigenvalue weighted by atomic mass is 79.9. The van der Waals surface area contributed by atoms with Gasteiger partial charge in [-0.3, -0.25) is 0 Å². The molecule has 0 unspecified atom stereocenters. The van der Waals surface area contributed by atoms with Crippen LogP contribution < -0.4 is 11.1 Å². The van der Waals surface area contributed by atoms with Crippen molar-refractivity contribution in [2.45, 2.75) is 32.1 Å². The minimum absolute atomic E-state index is 0.803. The van der Waals surface area contributed by atoms with E-state index in [2.05, 4.69) is 27.3 Å². The lowest BCUT2D eigenvalue weighted by Gasteiger charge is -2.14. The number of allylic oxidation sites excluding steroid dienone is 1. The Labute approximate surface area is 111 Å². The molecule has 1 aliphatic rings. The van der Waals surface area contributed by atoms with Gasteiger partial charge in [-0.25, -0.2) is 0 Å². The number of nitrogen functional groups attached to an aromatic ring is 1. The third-order valence-electron chi connectivity index (χ3n) is 3.16. The van der Waals surface area contributed by atoms with Crippen molar-refractivity contribution >= 4 is 27.3 Å². The van der Waals surface area contributed by atoms with Crippen molar-refractivity contribution in [2.75, 3.05) is 17.6 Å². The standard InChI is InChI=1S/C14H19BrN2/c15-12-6-7-14(13(16)10-12)17-9-8-11-4-2-1-3-5-11/h4,6-7,10,17H,1-3,5,8-9,16H2. The van der Waals surface area contributed by atoms with E-state index >= 15 is 0 Å². The summed E-state index contributed by atoms with van der Waals surface area (Å²) in [5.41, 5.74) is 9.37. The van der Waals surface area contributed by atoms with Crippen LogP contribution in [-0.4, -0.2) is 6.54 Å². The summed E-state index contributed by atoms with van der Waals surface area (Å²) in [6.45, 7) is 0.970. The third-order valence-corrected chi connectivity index (χ3v) is 3.65. The second-order valence-electron chi connectivity index (χ2n) is 4.52. The summed E-state index contributed by atoms with van der Waals surface area (Å²) in [6.07, 6.45) is 8.78. The van der Waals surface area contributed by atoms with Crippen molar-refractivity contribution < 1.29 is 0 Å². The van der Waals surface area contributed by atoms with Gasteiger partial charge in [0.05, 0.1) is 11.4 Å². The summed E-state index contributed by atoms with van der Waals surface area (Å²) in [5, 5.41) is 3.40. The minimum atomic E-state index is 0.803. The first-order valence-corrected chi connectivity index (χ1v) is 7.02. The van der Waals surface area contributed by atoms with E-state index in [9.17, 15) is 0 Å². The highest BCUT2D eigenvalue weighted by Crippen LogP contribution is 2.24. The number of halogens is 1. The van der Waals surface area contributed by atoms with Crippen LogP contribution in [0, 0.1) is 0 Å². The van der Waals surface area contributed by atoms with Gasteiger partial charge in [-0.2, -0.15) is 0 Å². The molecule has 0 bridgehead atoms. The molecule has 2 nitrogen and oxygen atoms in total. The van der Waals surface area contributed by atoms with Crippen LogP contribution in [0.5, 0.6) is 0 Å². The second-order valence-corrected chi connectivity index (χ2v) is 5.43. The summed E-state index contributed by atoms with van der Waals surface area (Å²) in [6, 6.07) is 5.97. The van der Waals surface area contributed by atoms with E-state index in [0.717, 1.165) is 28.8 Å². The van der Waals surface area contributed by atoms with Crippen LogP contribution >= 0.6 is 15.9 Å². The maximum absolute atomic E-state index is 5.93. The predicted molar refractivity (Wildman–Crippen MR) is 78.2 cm³/mol. The zero-order valence-corrected chi connectivity index (χ0v) is 11.6. The summed E-state index contributed by atoms with van der Waals surface area (Å²) in [4.78, 5) is 0. The van der Waals surface area contributed by atoms with E-state index in [0.29, 0.717) is 0 Å². The first-order valence-electron chi connectivity index (χ1n) is 6.22. The van der Waals surface area contributed by atoms with E-state index in [1.165, 1.54) is 25.7 Å². The molecule has 17 heavy (non-hydrogen) atoms. The largest absolute Gasteiger partial charge is 0.397 e. The first kappa shape index (κ1) is 12.5. The molecule has 0 saturated carbocycles. The smallest absolute Gasteiger partial charge is 0.0574 e. The van der Waals surface area contributed by atoms with Crippen LogP contribution in [0.1, 0.15) is 32.1 Å². The monoisotopic (exact) mass is 294 g/mol. The molecular weight excluding hydrogens is 276 g/mol. The van der Waals surface area contributed by atoms with Gasteiger partial charge in [0, 0.05) is 11.0 Å². The highest BCUT2D eigenvalue weighted by Gasteiger charge is 2.04. The first-order chi connectivity index (χ1) is 8.25. The lowest BCUT2D eigenvalue weighted by molar-refractivity contribution is 0.679. The Bertz CT molecular complexity index is 413. The van der Waals surface area contributed by atoms with Gasteiger partial charge in [-0.1, -0.05) is 27.6 Å². The average molecular weight is 295 g/mol. The van der Waals surface area contributed by atoms with Crippen LogP contribution in [0.25, 0.3) is 0 Å². The molecule has 1 aliphatic carbocycles. The zero-order chi connectivity index (χ0) is 12.1. The van der Waals surface area contributed by atoms with E-state index < -0.39 is 0 Å². The number of nitrogens with two attached hydrogens (primary N) is 1. The van der Waals surface area contributed by atoms with Crippen molar-refractivity contribution in [1.29, 1.82) is 0 Å². The van der Waals surface area contributed by atoms with E-state index in [4.69, 9.17) is 5.73 Å². The topological polar surface area (TPSA) is 38.0 Å². The average Bonchev–Trinajstić information content (AvgIpc) is 2.33. The van der Waals surface area contributed by atoms with Gasteiger partial charge in [0.2, 0.25) is 0 Å². The van der Waals surface area contributed by atoms with Crippen molar-refractivity contribution in [3.05, 3.63) is 34.3 Å². The number of hydrogen-bond donors (Lipinski definition) is 2. The summed E-state index contributed by atoms with van der Waals surface area (Å²) < 4.78 is 1.02. The molecule has 0 atom stereocenters. The Morgan fingerprint density at radius 1 is 1.29 bits per heavy atom. The van der Waals surface area contributed by atoms with E-state index in [-0.39, 0.29) is 0 Å². The van der Waals surface area contributed by atoms with Crippen molar-refractivity contribution in [3.8, 4) is 0 Å². The molecule has 3 N–H and O–H groups in total. The molecular formula is C14H19BrN2. The maximum Gasteiger partial charge on any atom is 0.0574 e. The molecule has 0 heterocycles. The molecule has 0 spiro atoms. The minimum Gasteiger partial charge on any atom is -0.397 e. The molecule has 0 aliphatic heterocycles. The van der Waals surface area contributed by atoms with Gasteiger partial charge in [0.1, 0.15) is 0 Å². The fourth-order valence-corrected chi connectivity index (χ4v) is 2.56. The molecule has 2 rings (SSSR count). The van der Waals surface area contributed by atoms with Gasteiger partial charge < -0.3 is 11.1 Å². The molecule has 1 aromatic rings. The number of nitrogens with one attached hydrogen (secondary N) is 1. The Morgan fingerprint density at radius 2 is 2.18 bits per heavy atom. The van der Waals surface area contributed by atoms with Gasteiger partial charge in [0.15, 0.2) is 0 Å². The van der Waals surface area contributed by atoms with Crippen LogP contribution in [0.15, 0.2) is 34.3 Å². The SMILES string of the molecule is Nc1cc(Br)ccc1NCCC1=CCCCC1. The molecule has 0 amide bonds. The quantitative estimate of drug-likeness (QED) is 0.641. The number of hydrogen-bond acceptors (Lipinski definition) is 2. The maximum atomic E-state index is 5.93. The Balaban J connectivity index is 1.83. The van der Waals surface area contributed by atoms with Crippen molar-refractivity contribution in [1.82, 2.24) is 0 Å². The lowest BCUT2D eigenvalue weighted by atomic mass is 9.97. The Hall–Kier alpha value is -0.960. The highest BCUT2D eigenvalue weighted by molar-refractivity contribution is 9.10. The van der Waals surface area contributed by atoms with Gasteiger partial charge in [-0.15, -0.1) is 0 Å². The molecule has 92 valence electrons. The number of benzene rings is 1. The fraction of sp³-hybridized carbons (Fsp3) is 0.429. The molecule has 0 fully saturated rings. The normalized spacial score (nSPS) is 15.5. The molecule has 3 heteroatoms. The van der Waals surface area contributed by atoms with Crippen molar-refractivity contribution in [2.24, 2.45) is 0 Å². The summed E-state index contributed by atoms with van der Waals surface area (Å²) in [7, 11) is 0. The Morgan fingerprint density at radius 3 is 2.88 bits per heavy atom. The van der Waals surface area contributed by atoms with Gasteiger partial charge in [-0.05, 0) is 50.3 Å². The lowest BCUT2D eigenvalue weighted by Crippen LogP contribution is -2.06. The van der Waals surface area contributed by atoms with Crippen molar-refractivity contribution in [3.63, 3.8) is 0 Å². The van der Waals surface area contributed by atoms with Crippen LogP contribution in [0.3, 0.4) is 0 Å². The number of rotatable bonds is 4. The van der Waals surface area contributed by atoms with E-state index in [1.54, 1.807) is 5.57 Å². The zero-order valence-electron chi connectivity index (χ0n) is 10.0. The van der Waals surface area contributed by atoms with Gasteiger partial charge in [0.25, 0.3) is 0 Å². The van der Waals surface area contributed by atoms with Gasteiger partial charge >= 0.3 is 0 Å². The summed E-state index contributed by atoms with van der Waals surface area (Å²) >= 11 is 3.41. The van der Waals surface area contributed by atoms with Crippen LogP contribution in [-0.2, 0) is 0 Å².